The van der Waals surface area contributed by atoms with Gasteiger partial charge in [0.1, 0.15) is 0 Å². The summed E-state index contributed by atoms with van der Waals surface area (Å²) in [5.74, 6) is 0.174. The first-order valence-corrected chi connectivity index (χ1v) is 16.3. The highest BCUT2D eigenvalue weighted by Crippen LogP contribution is 2.50. The largest absolute Gasteiger partial charge is 0.345 e. The molecule has 0 amide bonds. The van der Waals surface area contributed by atoms with Gasteiger partial charge < -0.3 is 4.90 Å². The fraction of sp³-hybridized carbons (Fsp3) is 0.0435. The third kappa shape index (κ3) is 4.80. The Labute approximate surface area is 276 Å². The molecule has 0 bridgehead atoms. The molecular weight excluding hydrogens is 567 g/mol. The normalized spacial score (nSPS) is 12.3. The van der Waals surface area contributed by atoms with Gasteiger partial charge in [-0.25, -0.2) is 0 Å². The lowest BCUT2D eigenvalue weighted by Gasteiger charge is -2.21. The summed E-state index contributed by atoms with van der Waals surface area (Å²) in [5, 5.41) is 5.07. The number of nitrogens with zero attached hydrogens (tertiary/aromatic N) is 1. The number of para-hydroxylation sites is 1. The van der Waals surface area contributed by atoms with Crippen LogP contribution in [0.1, 0.15) is 22.6 Å². The van der Waals surface area contributed by atoms with E-state index < -0.39 is 0 Å². The van der Waals surface area contributed by atoms with Gasteiger partial charge in [0.25, 0.3) is 0 Å². The van der Waals surface area contributed by atoms with Crippen molar-refractivity contribution < 1.29 is 0 Å². The summed E-state index contributed by atoms with van der Waals surface area (Å²) < 4.78 is 0. The number of fused-ring (bicyclic) bond motifs is 5. The number of hydrogen-bond acceptors (Lipinski definition) is 1. The van der Waals surface area contributed by atoms with Crippen LogP contribution in [0, 0.1) is 0 Å². The van der Waals surface area contributed by atoms with Gasteiger partial charge in [-0.1, -0.05) is 127 Å². The highest BCUT2D eigenvalue weighted by molar-refractivity contribution is 5.92. The minimum atomic E-state index is 0.174. The average Bonchev–Trinajstić information content (AvgIpc) is 3.47. The maximum atomic E-state index is 2.42. The van der Waals surface area contributed by atoms with E-state index in [1.54, 1.807) is 0 Å². The predicted octanol–water partition coefficient (Wildman–Crippen LogP) is 12.3. The zero-order valence-corrected chi connectivity index (χ0v) is 26.3. The first-order valence-electron chi connectivity index (χ1n) is 16.3. The van der Waals surface area contributed by atoms with Crippen LogP contribution < -0.4 is 4.90 Å². The fourth-order valence-corrected chi connectivity index (χ4v) is 7.40. The van der Waals surface area contributed by atoms with E-state index in [0.717, 1.165) is 0 Å². The molecule has 222 valence electrons. The molecule has 0 spiro atoms. The van der Waals surface area contributed by atoms with Gasteiger partial charge in [-0.05, 0) is 120 Å². The summed E-state index contributed by atoms with van der Waals surface area (Å²) in [5.41, 5.74) is 14.0. The number of rotatable bonds is 5. The Hall–Kier alpha value is -5.92. The van der Waals surface area contributed by atoms with E-state index in [0.29, 0.717) is 0 Å². The van der Waals surface area contributed by atoms with Crippen molar-refractivity contribution in [1.82, 2.24) is 0 Å². The van der Waals surface area contributed by atoms with E-state index in [4.69, 9.17) is 0 Å². The quantitative estimate of drug-likeness (QED) is 0.190. The molecule has 0 saturated heterocycles. The second kappa shape index (κ2) is 11.2. The summed E-state index contributed by atoms with van der Waals surface area (Å²) in [6.07, 6.45) is 0. The molecule has 0 heterocycles. The van der Waals surface area contributed by atoms with Gasteiger partial charge in [0.15, 0.2) is 0 Å². The molecule has 0 saturated carbocycles. The zero-order valence-electron chi connectivity index (χ0n) is 26.3. The highest BCUT2D eigenvalue weighted by Gasteiger charge is 2.31. The minimum Gasteiger partial charge on any atom is -0.345 e. The Bertz CT molecular complexity index is 2290. The fourth-order valence-electron chi connectivity index (χ4n) is 7.40. The van der Waals surface area contributed by atoms with E-state index in [-0.39, 0.29) is 5.92 Å². The molecular formula is C46H33N. The van der Waals surface area contributed by atoms with Crippen LogP contribution in [-0.4, -0.2) is 7.05 Å². The second-order valence-corrected chi connectivity index (χ2v) is 12.6. The molecule has 0 atom stereocenters. The van der Waals surface area contributed by atoms with E-state index >= 15 is 0 Å². The third-order valence-electron chi connectivity index (χ3n) is 9.94. The van der Waals surface area contributed by atoms with Crippen molar-refractivity contribution in [2.75, 3.05) is 11.9 Å². The smallest absolute Gasteiger partial charge is 0.0408 e. The van der Waals surface area contributed by atoms with Crippen molar-refractivity contribution in [3.63, 3.8) is 0 Å². The lowest BCUT2D eigenvalue weighted by Crippen LogP contribution is -2.09. The van der Waals surface area contributed by atoms with E-state index in [1.807, 2.05) is 0 Å². The molecule has 1 heteroatoms. The molecule has 1 aliphatic rings. The monoisotopic (exact) mass is 599 g/mol. The second-order valence-electron chi connectivity index (χ2n) is 12.6. The maximum absolute atomic E-state index is 2.42. The van der Waals surface area contributed by atoms with Gasteiger partial charge in [-0.2, -0.15) is 0 Å². The van der Waals surface area contributed by atoms with E-state index in [9.17, 15) is 0 Å². The molecule has 9 rings (SSSR count). The van der Waals surface area contributed by atoms with Crippen molar-refractivity contribution in [2.45, 2.75) is 5.92 Å². The van der Waals surface area contributed by atoms with Crippen molar-refractivity contribution >= 4 is 32.9 Å². The van der Waals surface area contributed by atoms with Gasteiger partial charge in [-0.3, -0.25) is 0 Å². The van der Waals surface area contributed by atoms with Crippen LogP contribution in [0.5, 0.6) is 0 Å². The van der Waals surface area contributed by atoms with Crippen LogP contribution in [0.4, 0.5) is 11.4 Å². The first kappa shape index (κ1) is 27.4. The van der Waals surface area contributed by atoms with Gasteiger partial charge in [-0.15, -0.1) is 0 Å². The summed E-state index contributed by atoms with van der Waals surface area (Å²) in [4.78, 5) is 2.24. The number of benzene rings is 8. The molecule has 1 aliphatic carbocycles. The van der Waals surface area contributed by atoms with Gasteiger partial charge in [0.05, 0.1) is 0 Å². The summed E-state index contributed by atoms with van der Waals surface area (Å²) >= 11 is 0. The lowest BCUT2D eigenvalue weighted by molar-refractivity contribution is 1.01. The van der Waals surface area contributed by atoms with Crippen molar-refractivity contribution in [3.05, 3.63) is 193 Å². The average molecular weight is 600 g/mol. The molecule has 47 heavy (non-hydrogen) atoms. The maximum Gasteiger partial charge on any atom is 0.0408 e. The summed E-state index contributed by atoms with van der Waals surface area (Å²) in [7, 11) is 2.13. The summed E-state index contributed by atoms with van der Waals surface area (Å²) in [6.45, 7) is 0. The molecule has 0 N–H and O–H groups in total. The van der Waals surface area contributed by atoms with Crippen LogP contribution in [0.15, 0.2) is 176 Å². The Morgan fingerprint density at radius 3 is 1.32 bits per heavy atom. The number of anilines is 2. The van der Waals surface area contributed by atoms with Crippen LogP contribution >= 0.6 is 0 Å². The Morgan fingerprint density at radius 2 is 0.787 bits per heavy atom. The van der Waals surface area contributed by atoms with Crippen LogP contribution in [0.25, 0.3) is 54.9 Å². The van der Waals surface area contributed by atoms with Crippen LogP contribution in [-0.2, 0) is 0 Å². The highest BCUT2D eigenvalue weighted by atomic mass is 15.1. The minimum absolute atomic E-state index is 0.174. The Kier molecular flexibility index (Phi) is 6.50. The van der Waals surface area contributed by atoms with Crippen molar-refractivity contribution in [3.8, 4) is 33.4 Å². The SMILES string of the molecule is CN(c1ccccc1)c1ccc(C2c3ccc(-c4ccc5ccccc5c4)cc3-c3cc(-c4ccc5ccccc5c4)ccc32)cc1. The standard InChI is InChI=1S/C46H33N/c1-47(40-13-3-2-4-14-40)41-23-19-33(20-24-41)46-42-25-21-38(36-17-15-31-9-5-7-11-34(31)27-36)29-44(42)45-30-39(22-26-43(45)46)37-18-16-32-10-6-8-12-35(32)28-37/h2-30,46H,1H3. The zero-order chi connectivity index (χ0) is 31.3. The molecule has 0 unspecified atom stereocenters. The molecule has 1 nitrogen and oxygen atoms in total. The predicted molar refractivity (Wildman–Crippen MR) is 200 cm³/mol. The van der Waals surface area contributed by atoms with Gasteiger partial charge in [0, 0.05) is 24.3 Å². The Balaban J connectivity index is 1.17. The molecule has 8 aromatic rings. The van der Waals surface area contributed by atoms with Gasteiger partial charge in [0.2, 0.25) is 0 Å². The molecule has 8 aromatic carbocycles. The van der Waals surface area contributed by atoms with Gasteiger partial charge >= 0.3 is 0 Å². The molecule has 0 aromatic heterocycles. The molecule has 0 fully saturated rings. The summed E-state index contributed by atoms with van der Waals surface area (Å²) in [6, 6.07) is 64.7. The molecule has 0 radical (unpaired) electrons. The van der Waals surface area contributed by atoms with E-state index in [2.05, 4.69) is 188 Å². The number of hydrogen-bond donors (Lipinski definition) is 0. The molecule has 0 aliphatic heterocycles. The van der Waals surface area contributed by atoms with Crippen LogP contribution in [0.3, 0.4) is 0 Å². The lowest BCUT2D eigenvalue weighted by atomic mass is 9.88. The first-order chi connectivity index (χ1) is 23.2. The van der Waals surface area contributed by atoms with E-state index in [1.165, 1.54) is 83.0 Å². The van der Waals surface area contributed by atoms with Crippen LogP contribution in [0.2, 0.25) is 0 Å². The Morgan fingerprint density at radius 1 is 0.362 bits per heavy atom. The van der Waals surface area contributed by atoms with Crippen molar-refractivity contribution in [1.29, 1.82) is 0 Å². The topological polar surface area (TPSA) is 3.24 Å². The third-order valence-corrected chi connectivity index (χ3v) is 9.94. The van der Waals surface area contributed by atoms with Crippen molar-refractivity contribution in [2.24, 2.45) is 0 Å².